The molecule has 0 N–H and O–H groups in total. The van der Waals surface area contributed by atoms with Gasteiger partial charge in [0.15, 0.2) is 8.32 Å². The Labute approximate surface area is 229 Å². The molecule has 2 aromatic rings. The summed E-state index contributed by atoms with van der Waals surface area (Å²) in [6.45, 7) is 16.3. The fourth-order valence-corrected chi connectivity index (χ4v) is 4.92. The first kappa shape index (κ1) is 30.9. The summed E-state index contributed by atoms with van der Waals surface area (Å²) in [5, 5.41) is 0.0605. The molecule has 0 amide bonds. The zero-order valence-corrected chi connectivity index (χ0v) is 25.3. The third-order valence-electron chi connectivity index (χ3n) is 7.60. The van der Waals surface area contributed by atoms with Crippen LogP contribution in [0.15, 0.2) is 60.7 Å². The van der Waals surface area contributed by atoms with E-state index >= 15 is 0 Å². The summed E-state index contributed by atoms with van der Waals surface area (Å²) in [5.74, 6) is -2.46. The minimum atomic E-state index is -2.04. The predicted octanol–water partition coefficient (Wildman–Crippen LogP) is 6.28. The van der Waals surface area contributed by atoms with Gasteiger partial charge < -0.3 is 32.8 Å². The second-order valence-corrected chi connectivity index (χ2v) is 16.4. The topological polar surface area (TPSA) is 64.6 Å². The fourth-order valence-electron chi connectivity index (χ4n) is 3.90. The lowest BCUT2D eigenvalue weighted by Crippen LogP contribution is -2.67. The van der Waals surface area contributed by atoms with Gasteiger partial charge in [-0.1, -0.05) is 81.4 Å². The van der Waals surface area contributed by atoms with Gasteiger partial charge in [-0.15, -0.1) is 0 Å². The number of benzene rings is 2. The van der Waals surface area contributed by atoms with Crippen molar-refractivity contribution in [2.45, 2.75) is 89.7 Å². The molecule has 38 heavy (non-hydrogen) atoms. The highest BCUT2D eigenvalue weighted by atomic mass is 28.4. The predicted molar refractivity (Wildman–Crippen MR) is 150 cm³/mol. The zero-order valence-electron chi connectivity index (χ0n) is 24.3. The van der Waals surface area contributed by atoms with E-state index in [2.05, 4.69) is 33.9 Å². The van der Waals surface area contributed by atoms with Gasteiger partial charge in [0.1, 0.15) is 19.0 Å². The molecule has 0 spiro atoms. The van der Waals surface area contributed by atoms with Gasteiger partial charge in [0.05, 0.1) is 26.4 Å². The SMILES string of the molecule is COCOC[C@@H]1O[C@@](C)(OCc2ccccc2)[C@](C)(OCc2ccccc2)O[C@H]1CO[Si](C)(C)C(C)(C)C. The molecular weight excluding hydrogens is 500 g/mol. The summed E-state index contributed by atoms with van der Waals surface area (Å²) in [4.78, 5) is 0. The van der Waals surface area contributed by atoms with Gasteiger partial charge in [0.2, 0.25) is 11.6 Å². The van der Waals surface area contributed by atoms with Crippen LogP contribution in [0.25, 0.3) is 0 Å². The quantitative estimate of drug-likeness (QED) is 0.166. The molecule has 212 valence electrons. The molecule has 0 saturated carbocycles. The Morgan fingerprint density at radius 2 is 1.21 bits per heavy atom. The Morgan fingerprint density at radius 3 is 1.63 bits per heavy atom. The van der Waals surface area contributed by atoms with E-state index in [1.54, 1.807) is 7.11 Å². The molecule has 4 atom stereocenters. The van der Waals surface area contributed by atoms with Gasteiger partial charge in [0, 0.05) is 7.11 Å². The molecule has 0 radical (unpaired) electrons. The maximum atomic E-state index is 6.76. The van der Waals surface area contributed by atoms with E-state index < -0.39 is 32.1 Å². The molecule has 1 saturated heterocycles. The van der Waals surface area contributed by atoms with E-state index in [1.807, 2.05) is 74.5 Å². The smallest absolute Gasteiger partial charge is 0.221 e. The minimum Gasteiger partial charge on any atom is -0.414 e. The summed E-state index contributed by atoms with van der Waals surface area (Å²) in [6.07, 6.45) is -0.890. The van der Waals surface area contributed by atoms with Gasteiger partial charge in [0.25, 0.3) is 0 Å². The van der Waals surface area contributed by atoms with E-state index in [1.165, 1.54) is 0 Å². The van der Waals surface area contributed by atoms with Crippen LogP contribution in [-0.4, -0.2) is 59.2 Å². The van der Waals surface area contributed by atoms with E-state index in [0.717, 1.165) is 11.1 Å². The first-order valence-corrected chi connectivity index (χ1v) is 16.2. The van der Waals surface area contributed by atoms with Gasteiger partial charge >= 0.3 is 0 Å². The first-order valence-electron chi connectivity index (χ1n) is 13.3. The highest BCUT2D eigenvalue weighted by molar-refractivity contribution is 6.74. The molecule has 0 unspecified atom stereocenters. The van der Waals surface area contributed by atoms with Crippen LogP contribution < -0.4 is 0 Å². The van der Waals surface area contributed by atoms with Crippen molar-refractivity contribution in [2.75, 3.05) is 27.1 Å². The number of ether oxygens (including phenoxy) is 6. The third-order valence-corrected chi connectivity index (χ3v) is 12.1. The molecule has 0 aromatic heterocycles. The molecule has 1 aliphatic heterocycles. The van der Waals surface area contributed by atoms with Crippen molar-refractivity contribution in [1.82, 2.24) is 0 Å². The van der Waals surface area contributed by atoms with Crippen molar-refractivity contribution < 1.29 is 32.8 Å². The minimum absolute atomic E-state index is 0.0605. The Kier molecular flexibility index (Phi) is 10.7. The highest BCUT2D eigenvalue weighted by Gasteiger charge is 2.58. The number of rotatable bonds is 13. The fraction of sp³-hybridized carbons (Fsp3) is 0.600. The zero-order chi connectivity index (χ0) is 27.9. The molecule has 8 heteroatoms. The van der Waals surface area contributed by atoms with Crippen molar-refractivity contribution >= 4 is 8.32 Å². The number of hydrogen-bond donors (Lipinski definition) is 0. The van der Waals surface area contributed by atoms with Gasteiger partial charge in [-0.2, -0.15) is 0 Å². The Hall–Kier alpha value is -1.62. The van der Waals surface area contributed by atoms with E-state index in [9.17, 15) is 0 Å². The van der Waals surface area contributed by atoms with Crippen LogP contribution in [0.3, 0.4) is 0 Å². The molecule has 2 aromatic carbocycles. The van der Waals surface area contributed by atoms with E-state index in [-0.39, 0.29) is 18.4 Å². The lowest BCUT2D eigenvalue weighted by molar-refractivity contribution is -0.465. The Morgan fingerprint density at radius 1 is 0.763 bits per heavy atom. The van der Waals surface area contributed by atoms with Crippen molar-refractivity contribution in [1.29, 1.82) is 0 Å². The largest absolute Gasteiger partial charge is 0.414 e. The molecule has 0 bridgehead atoms. The summed E-state index contributed by atoms with van der Waals surface area (Å²) >= 11 is 0. The van der Waals surface area contributed by atoms with Crippen LogP contribution in [0.1, 0.15) is 45.7 Å². The average molecular weight is 547 g/mol. The van der Waals surface area contributed by atoms with Crippen molar-refractivity contribution in [2.24, 2.45) is 0 Å². The van der Waals surface area contributed by atoms with Crippen LogP contribution in [-0.2, 0) is 46.1 Å². The van der Waals surface area contributed by atoms with Gasteiger partial charge in [-0.25, -0.2) is 0 Å². The standard InChI is InChI=1S/C30H46O7Si/c1-28(2,3)38(7,8)35-22-27-26(21-32-23-31-6)36-29(4,33-19-24-15-11-9-12-16-24)30(5,37-27)34-20-25-17-13-10-14-18-25/h9-18,26-27H,19-23H2,1-8H3/t26-,27-,29+,30+/m0/s1. The number of methoxy groups -OCH3 is 1. The summed E-state index contributed by atoms with van der Waals surface area (Å²) in [5.41, 5.74) is 2.06. The second-order valence-electron chi connectivity index (χ2n) is 11.6. The third kappa shape index (κ3) is 7.96. The summed E-state index contributed by atoms with van der Waals surface area (Å²) in [6, 6.07) is 20.0. The molecule has 3 rings (SSSR count). The van der Waals surface area contributed by atoms with Gasteiger partial charge in [-0.05, 0) is 43.1 Å². The number of hydrogen-bond acceptors (Lipinski definition) is 7. The van der Waals surface area contributed by atoms with Crippen molar-refractivity contribution in [3.63, 3.8) is 0 Å². The second kappa shape index (κ2) is 13.2. The average Bonchev–Trinajstić information content (AvgIpc) is 2.88. The van der Waals surface area contributed by atoms with Crippen LogP contribution in [0.4, 0.5) is 0 Å². The Bertz CT molecular complexity index is 966. The lowest BCUT2D eigenvalue weighted by atomic mass is 10.0. The maximum absolute atomic E-state index is 6.76. The summed E-state index contributed by atoms with van der Waals surface area (Å²) < 4.78 is 43.8. The van der Waals surface area contributed by atoms with Crippen LogP contribution in [0, 0.1) is 0 Å². The van der Waals surface area contributed by atoms with Crippen LogP contribution in [0.2, 0.25) is 18.1 Å². The monoisotopic (exact) mass is 546 g/mol. The maximum Gasteiger partial charge on any atom is 0.221 e. The lowest BCUT2D eigenvalue weighted by Gasteiger charge is -2.53. The summed E-state index contributed by atoms with van der Waals surface area (Å²) in [7, 11) is -0.447. The highest BCUT2D eigenvalue weighted by Crippen LogP contribution is 2.42. The van der Waals surface area contributed by atoms with Crippen molar-refractivity contribution in [3.8, 4) is 0 Å². The normalized spacial score (nSPS) is 26.4. The first-order chi connectivity index (χ1) is 17.9. The van der Waals surface area contributed by atoms with E-state index in [0.29, 0.717) is 19.8 Å². The molecule has 0 aliphatic carbocycles. The van der Waals surface area contributed by atoms with Crippen LogP contribution in [0.5, 0.6) is 0 Å². The van der Waals surface area contributed by atoms with E-state index in [4.69, 9.17) is 32.8 Å². The van der Waals surface area contributed by atoms with Gasteiger partial charge in [-0.3, -0.25) is 0 Å². The van der Waals surface area contributed by atoms with Crippen molar-refractivity contribution in [3.05, 3.63) is 71.8 Å². The molecule has 1 fully saturated rings. The molecule has 1 aliphatic rings. The Balaban J connectivity index is 1.87. The molecule has 1 heterocycles. The van der Waals surface area contributed by atoms with Crippen LogP contribution >= 0.6 is 0 Å². The molecule has 7 nitrogen and oxygen atoms in total. The molecular formula is C30H46O7Si.